The Kier molecular flexibility index (Phi) is 6.44. The van der Waals surface area contributed by atoms with Gasteiger partial charge < -0.3 is 9.64 Å². The second-order valence-electron chi connectivity index (χ2n) is 6.05. The van der Waals surface area contributed by atoms with Crippen molar-refractivity contribution in [2.45, 2.75) is 4.90 Å². The second-order valence-corrected chi connectivity index (χ2v) is 8.78. The van der Waals surface area contributed by atoms with Crippen LogP contribution in [0.3, 0.4) is 0 Å². The summed E-state index contributed by atoms with van der Waals surface area (Å²) in [7, 11) is -3.95. The van der Waals surface area contributed by atoms with Crippen molar-refractivity contribution in [3.63, 3.8) is 0 Å². The van der Waals surface area contributed by atoms with Gasteiger partial charge in [0.05, 0.1) is 10.0 Å². The number of carbonyl (C=O) groups excluding carboxylic acids is 1. The minimum absolute atomic E-state index is 0.0647. The molecule has 1 fully saturated rings. The van der Waals surface area contributed by atoms with E-state index in [1.807, 2.05) is 0 Å². The molecule has 2 aromatic rings. The molecule has 28 heavy (non-hydrogen) atoms. The lowest BCUT2D eigenvalue weighted by atomic mass is 10.3. The van der Waals surface area contributed by atoms with Crippen LogP contribution in [0.1, 0.15) is 0 Å². The van der Waals surface area contributed by atoms with Gasteiger partial charge in [0.25, 0.3) is 5.91 Å². The van der Waals surface area contributed by atoms with Gasteiger partial charge in [-0.05, 0) is 24.3 Å². The number of halogens is 3. The van der Waals surface area contributed by atoms with E-state index >= 15 is 0 Å². The molecule has 10 heteroatoms. The fourth-order valence-corrected chi connectivity index (χ4v) is 4.81. The zero-order valence-electron chi connectivity index (χ0n) is 14.6. The number of rotatable bonds is 5. The minimum atomic E-state index is -3.95. The molecule has 1 amide bonds. The number of hydrogen-bond donors (Lipinski definition) is 0. The Bertz CT molecular complexity index is 959. The molecule has 1 aliphatic rings. The van der Waals surface area contributed by atoms with Crippen LogP contribution in [0.5, 0.6) is 5.75 Å². The first-order valence-corrected chi connectivity index (χ1v) is 10.6. The monoisotopic (exact) mass is 446 g/mol. The van der Waals surface area contributed by atoms with E-state index in [0.717, 1.165) is 6.07 Å². The second kappa shape index (κ2) is 8.65. The number of hydrogen-bond acceptors (Lipinski definition) is 4. The third kappa shape index (κ3) is 4.41. The lowest BCUT2D eigenvalue weighted by molar-refractivity contribution is -0.134. The Hall–Kier alpha value is -1.87. The maximum atomic E-state index is 13.9. The summed E-state index contributed by atoms with van der Waals surface area (Å²) in [6, 6.07) is 10.1. The van der Waals surface area contributed by atoms with Gasteiger partial charge in [-0.15, -0.1) is 0 Å². The highest BCUT2D eigenvalue weighted by atomic mass is 35.5. The topological polar surface area (TPSA) is 66.9 Å². The molecule has 0 aliphatic carbocycles. The van der Waals surface area contributed by atoms with Crippen LogP contribution in [-0.2, 0) is 14.8 Å². The molecule has 1 heterocycles. The largest absolute Gasteiger partial charge is 0.481 e. The molecule has 2 aromatic carbocycles. The number of piperazine rings is 1. The summed E-state index contributed by atoms with van der Waals surface area (Å²) in [5, 5.41) is 0.585. The average molecular weight is 447 g/mol. The molecule has 3 rings (SSSR count). The van der Waals surface area contributed by atoms with Crippen LogP contribution in [0.15, 0.2) is 47.4 Å². The smallest absolute Gasteiger partial charge is 0.260 e. The highest BCUT2D eigenvalue weighted by molar-refractivity contribution is 7.89. The zero-order valence-corrected chi connectivity index (χ0v) is 17.0. The third-order valence-electron chi connectivity index (χ3n) is 4.30. The van der Waals surface area contributed by atoms with Gasteiger partial charge in [-0.2, -0.15) is 4.31 Å². The molecule has 0 unspecified atom stereocenters. The quantitative estimate of drug-likeness (QED) is 0.707. The number of para-hydroxylation sites is 1. The van der Waals surface area contributed by atoms with Crippen LogP contribution in [0.25, 0.3) is 0 Å². The summed E-state index contributed by atoms with van der Waals surface area (Å²) in [6.45, 7) is 0.201. The Morgan fingerprint density at radius 2 is 1.61 bits per heavy atom. The predicted molar refractivity (Wildman–Crippen MR) is 104 cm³/mol. The number of benzene rings is 2. The molecule has 0 spiro atoms. The summed E-state index contributed by atoms with van der Waals surface area (Å²) in [5.74, 6) is -0.898. The maximum absolute atomic E-state index is 13.9. The van der Waals surface area contributed by atoms with Crippen LogP contribution >= 0.6 is 23.2 Å². The van der Waals surface area contributed by atoms with Crippen LogP contribution in [0.4, 0.5) is 4.39 Å². The number of nitrogens with zero attached hydrogens (tertiary/aromatic N) is 2. The first-order valence-electron chi connectivity index (χ1n) is 8.40. The Morgan fingerprint density at radius 1 is 1.00 bits per heavy atom. The average Bonchev–Trinajstić information content (AvgIpc) is 2.67. The lowest BCUT2D eigenvalue weighted by Gasteiger charge is -2.34. The van der Waals surface area contributed by atoms with Gasteiger partial charge in [-0.25, -0.2) is 12.8 Å². The Morgan fingerprint density at radius 3 is 2.21 bits per heavy atom. The van der Waals surface area contributed by atoms with E-state index in [4.69, 9.17) is 27.9 Å². The molecule has 150 valence electrons. The lowest BCUT2D eigenvalue weighted by Crippen LogP contribution is -2.51. The maximum Gasteiger partial charge on any atom is 0.260 e. The molecule has 0 N–H and O–H groups in total. The summed E-state index contributed by atoms with van der Waals surface area (Å²) >= 11 is 12.0. The number of sulfonamides is 1. The Balaban J connectivity index is 1.59. The third-order valence-corrected chi connectivity index (χ3v) is 6.83. The summed E-state index contributed by atoms with van der Waals surface area (Å²) in [4.78, 5) is 13.5. The van der Waals surface area contributed by atoms with E-state index in [9.17, 15) is 17.6 Å². The van der Waals surface area contributed by atoms with E-state index in [2.05, 4.69) is 0 Å². The van der Waals surface area contributed by atoms with Crippen LogP contribution in [-0.4, -0.2) is 56.3 Å². The van der Waals surface area contributed by atoms with Crippen molar-refractivity contribution in [2.24, 2.45) is 0 Å². The van der Waals surface area contributed by atoms with Crippen molar-refractivity contribution in [1.82, 2.24) is 9.21 Å². The van der Waals surface area contributed by atoms with E-state index < -0.39 is 15.8 Å². The zero-order chi connectivity index (χ0) is 20.3. The molecular formula is C18H17Cl2FN2O4S. The van der Waals surface area contributed by atoms with Gasteiger partial charge in [0, 0.05) is 26.2 Å². The van der Waals surface area contributed by atoms with Crippen LogP contribution < -0.4 is 4.74 Å². The fourth-order valence-electron chi connectivity index (χ4n) is 2.82. The first kappa shape index (κ1) is 20.9. The van der Waals surface area contributed by atoms with E-state index in [0.29, 0.717) is 10.0 Å². The van der Waals surface area contributed by atoms with Gasteiger partial charge in [-0.1, -0.05) is 41.4 Å². The van der Waals surface area contributed by atoms with Crippen molar-refractivity contribution in [1.29, 1.82) is 0 Å². The molecule has 0 aromatic heterocycles. The highest BCUT2D eigenvalue weighted by Gasteiger charge is 2.31. The van der Waals surface area contributed by atoms with Crippen LogP contribution in [0.2, 0.25) is 10.0 Å². The van der Waals surface area contributed by atoms with Gasteiger partial charge in [0.15, 0.2) is 12.4 Å². The Labute approximate surface area is 172 Å². The highest BCUT2D eigenvalue weighted by Crippen LogP contribution is 2.32. The summed E-state index contributed by atoms with van der Waals surface area (Å²) in [5.41, 5.74) is 0. The molecule has 6 nitrogen and oxygen atoms in total. The number of amides is 1. The summed E-state index contributed by atoms with van der Waals surface area (Å²) < 4.78 is 45.7. The van der Waals surface area contributed by atoms with E-state index in [1.54, 1.807) is 18.2 Å². The fraction of sp³-hybridized carbons (Fsp3) is 0.278. The SMILES string of the molecule is O=C(COc1c(Cl)cccc1Cl)N1CCN(S(=O)(=O)c2ccccc2F)CC1. The van der Waals surface area contributed by atoms with Gasteiger partial charge >= 0.3 is 0 Å². The molecular weight excluding hydrogens is 430 g/mol. The normalized spacial score (nSPS) is 15.5. The van der Waals surface area contributed by atoms with Crippen molar-refractivity contribution in [3.05, 3.63) is 58.3 Å². The van der Waals surface area contributed by atoms with Crippen molar-refractivity contribution in [3.8, 4) is 5.75 Å². The van der Waals surface area contributed by atoms with Crippen molar-refractivity contribution >= 4 is 39.1 Å². The van der Waals surface area contributed by atoms with Crippen molar-refractivity contribution < 1.29 is 22.3 Å². The number of ether oxygens (including phenoxy) is 1. The van der Waals surface area contributed by atoms with Gasteiger partial charge in [-0.3, -0.25) is 4.79 Å². The van der Waals surface area contributed by atoms with E-state index in [-0.39, 0.29) is 49.3 Å². The predicted octanol–water partition coefficient (Wildman–Crippen LogP) is 3.04. The van der Waals surface area contributed by atoms with Crippen LogP contribution in [0, 0.1) is 5.82 Å². The molecule has 1 aliphatic heterocycles. The first-order chi connectivity index (χ1) is 13.3. The number of carbonyl (C=O) groups is 1. The standard InChI is InChI=1S/C18H17Cl2FN2O4S/c19-13-4-3-5-14(20)18(13)27-12-17(24)22-8-10-23(11-9-22)28(25,26)16-7-2-1-6-15(16)21/h1-7H,8-12H2. The van der Waals surface area contributed by atoms with Gasteiger partial charge in [0.2, 0.25) is 10.0 Å². The van der Waals surface area contributed by atoms with Crippen molar-refractivity contribution in [2.75, 3.05) is 32.8 Å². The molecule has 1 saturated heterocycles. The van der Waals surface area contributed by atoms with Gasteiger partial charge in [0.1, 0.15) is 10.7 Å². The molecule has 0 saturated carbocycles. The molecule has 0 atom stereocenters. The minimum Gasteiger partial charge on any atom is -0.481 e. The summed E-state index contributed by atoms with van der Waals surface area (Å²) in [6.07, 6.45) is 0. The molecule has 0 radical (unpaired) electrons. The van der Waals surface area contributed by atoms with E-state index in [1.165, 1.54) is 27.4 Å². The molecule has 0 bridgehead atoms.